The van der Waals surface area contributed by atoms with Crippen molar-refractivity contribution in [2.45, 2.75) is 25.7 Å². The highest BCUT2D eigenvalue weighted by Crippen LogP contribution is 2.10. The van der Waals surface area contributed by atoms with Gasteiger partial charge in [-0.05, 0) is 53.1 Å². The van der Waals surface area contributed by atoms with Gasteiger partial charge in [-0.15, -0.1) is 0 Å². The summed E-state index contributed by atoms with van der Waals surface area (Å²) in [7, 11) is 0. The quantitative estimate of drug-likeness (QED) is 0.264. The predicted molar refractivity (Wildman–Crippen MR) is 110 cm³/mol. The first-order valence-electron chi connectivity index (χ1n) is 8.59. The number of halogens is 1. The number of amides is 2. The minimum Gasteiger partial charge on any atom is -0.466 e. The molecule has 0 heterocycles. The standard InChI is InChI=1S/C20H21IN2O4/c21-17-11-5-4-10-16(17)20(26)23-22-18(24)12-13-19(25)27-14-6-9-15-7-2-1-3-8-15/h1-5,7-8,10-11H,6,9,12-14H2,(H,22,24)(H,23,26). The Morgan fingerprint density at radius 2 is 1.59 bits per heavy atom. The largest absolute Gasteiger partial charge is 0.466 e. The molecule has 27 heavy (non-hydrogen) atoms. The normalized spacial score (nSPS) is 10.1. The Labute approximate surface area is 171 Å². The van der Waals surface area contributed by atoms with Gasteiger partial charge in [0.25, 0.3) is 5.91 Å². The number of carbonyl (C=O) groups excluding carboxylic acids is 3. The van der Waals surface area contributed by atoms with Gasteiger partial charge in [-0.3, -0.25) is 25.2 Å². The second kappa shape index (κ2) is 11.3. The van der Waals surface area contributed by atoms with Crippen molar-refractivity contribution < 1.29 is 19.1 Å². The number of esters is 1. The van der Waals surface area contributed by atoms with Gasteiger partial charge in [0.2, 0.25) is 5.91 Å². The van der Waals surface area contributed by atoms with E-state index in [1.165, 1.54) is 5.56 Å². The van der Waals surface area contributed by atoms with Gasteiger partial charge in [0.15, 0.2) is 0 Å². The first-order chi connectivity index (χ1) is 13.1. The summed E-state index contributed by atoms with van der Waals surface area (Å²) in [4.78, 5) is 35.4. The van der Waals surface area contributed by atoms with Crippen molar-refractivity contribution in [1.29, 1.82) is 0 Å². The average molecular weight is 480 g/mol. The fourth-order valence-electron chi connectivity index (χ4n) is 2.30. The van der Waals surface area contributed by atoms with Crippen LogP contribution in [0.25, 0.3) is 0 Å². The molecule has 6 nitrogen and oxygen atoms in total. The molecule has 2 amide bonds. The molecular formula is C20H21IN2O4. The molecule has 0 bridgehead atoms. The number of ether oxygens (including phenoxy) is 1. The number of carbonyl (C=O) groups is 3. The first kappa shape index (κ1) is 20.9. The Kier molecular flexibility index (Phi) is 8.76. The van der Waals surface area contributed by atoms with Crippen LogP contribution >= 0.6 is 22.6 Å². The van der Waals surface area contributed by atoms with E-state index >= 15 is 0 Å². The Balaban J connectivity index is 1.58. The average Bonchev–Trinajstić information content (AvgIpc) is 2.69. The fraction of sp³-hybridized carbons (Fsp3) is 0.250. The van der Waals surface area contributed by atoms with E-state index < -0.39 is 17.8 Å². The maximum Gasteiger partial charge on any atom is 0.306 e. The lowest BCUT2D eigenvalue weighted by Gasteiger charge is -2.08. The zero-order valence-corrected chi connectivity index (χ0v) is 16.9. The highest BCUT2D eigenvalue weighted by molar-refractivity contribution is 14.1. The summed E-state index contributed by atoms with van der Waals surface area (Å²) in [5.41, 5.74) is 6.30. The van der Waals surface area contributed by atoms with Crippen molar-refractivity contribution in [3.63, 3.8) is 0 Å². The van der Waals surface area contributed by atoms with Crippen molar-refractivity contribution in [1.82, 2.24) is 10.9 Å². The molecule has 0 spiro atoms. The summed E-state index contributed by atoms with van der Waals surface area (Å²) < 4.78 is 5.90. The topological polar surface area (TPSA) is 84.5 Å². The summed E-state index contributed by atoms with van der Waals surface area (Å²) in [6, 6.07) is 17.0. The molecule has 0 fully saturated rings. The van der Waals surface area contributed by atoms with Gasteiger partial charge in [-0.25, -0.2) is 0 Å². The van der Waals surface area contributed by atoms with Crippen molar-refractivity contribution in [2.24, 2.45) is 0 Å². The van der Waals surface area contributed by atoms with E-state index in [1.807, 2.05) is 59.0 Å². The molecule has 2 aromatic rings. The number of aryl methyl sites for hydroxylation is 1. The second-order valence-corrected chi connectivity index (χ2v) is 6.95. The van der Waals surface area contributed by atoms with E-state index in [-0.39, 0.29) is 12.8 Å². The third-order valence-electron chi connectivity index (χ3n) is 3.71. The smallest absolute Gasteiger partial charge is 0.306 e. The summed E-state index contributed by atoms with van der Waals surface area (Å²) in [6.07, 6.45) is 1.48. The molecule has 0 aliphatic heterocycles. The summed E-state index contributed by atoms with van der Waals surface area (Å²) in [6.45, 7) is 0.318. The molecule has 2 N–H and O–H groups in total. The van der Waals surface area contributed by atoms with Gasteiger partial charge in [-0.2, -0.15) is 0 Å². The van der Waals surface area contributed by atoms with E-state index in [2.05, 4.69) is 10.9 Å². The minimum atomic E-state index is -0.449. The van der Waals surface area contributed by atoms with Gasteiger partial charge in [-0.1, -0.05) is 42.5 Å². The summed E-state index contributed by atoms with van der Waals surface area (Å²) in [5.74, 6) is -1.28. The molecule has 2 rings (SSSR count). The van der Waals surface area contributed by atoms with Crippen LogP contribution in [-0.2, 0) is 20.7 Å². The molecule has 0 saturated heterocycles. The maximum atomic E-state index is 12.0. The summed E-state index contributed by atoms with van der Waals surface area (Å²) >= 11 is 2.04. The molecule has 142 valence electrons. The molecule has 0 aliphatic rings. The second-order valence-electron chi connectivity index (χ2n) is 5.79. The number of rotatable bonds is 8. The van der Waals surface area contributed by atoms with Crippen molar-refractivity contribution in [3.05, 3.63) is 69.3 Å². The third-order valence-corrected chi connectivity index (χ3v) is 4.65. The van der Waals surface area contributed by atoms with Crippen LogP contribution in [0.5, 0.6) is 0 Å². The van der Waals surface area contributed by atoms with Crippen molar-refractivity contribution >= 4 is 40.4 Å². The number of hydrogen-bond acceptors (Lipinski definition) is 4. The van der Waals surface area contributed by atoms with Crippen LogP contribution in [0.3, 0.4) is 0 Å². The van der Waals surface area contributed by atoms with Crippen LogP contribution in [0, 0.1) is 3.57 Å². The van der Waals surface area contributed by atoms with E-state index in [4.69, 9.17) is 4.74 Å². The van der Waals surface area contributed by atoms with Crippen LogP contribution in [0.2, 0.25) is 0 Å². The molecule has 0 saturated carbocycles. The molecule has 0 aromatic heterocycles. The number of hydrazine groups is 1. The zero-order valence-electron chi connectivity index (χ0n) is 14.7. The molecule has 2 aromatic carbocycles. The lowest BCUT2D eigenvalue weighted by Crippen LogP contribution is -2.42. The molecule has 0 unspecified atom stereocenters. The number of hydrogen-bond donors (Lipinski definition) is 2. The van der Waals surface area contributed by atoms with Gasteiger partial charge in [0.1, 0.15) is 0 Å². The Bertz CT molecular complexity index is 781. The highest BCUT2D eigenvalue weighted by atomic mass is 127. The molecule has 0 radical (unpaired) electrons. The molecule has 0 aliphatic carbocycles. The first-order valence-corrected chi connectivity index (χ1v) is 9.67. The van der Waals surface area contributed by atoms with Crippen LogP contribution in [0.15, 0.2) is 54.6 Å². The van der Waals surface area contributed by atoms with Crippen LogP contribution < -0.4 is 10.9 Å². The SMILES string of the molecule is O=C(CCC(=O)OCCCc1ccccc1)NNC(=O)c1ccccc1I. The van der Waals surface area contributed by atoms with E-state index in [1.54, 1.807) is 18.2 Å². The van der Waals surface area contributed by atoms with Crippen molar-refractivity contribution in [2.75, 3.05) is 6.61 Å². The van der Waals surface area contributed by atoms with Crippen LogP contribution in [0.1, 0.15) is 35.2 Å². The van der Waals surface area contributed by atoms with Gasteiger partial charge in [0, 0.05) is 9.99 Å². The van der Waals surface area contributed by atoms with Crippen LogP contribution in [0.4, 0.5) is 0 Å². The lowest BCUT2D eigenvalue weighted by molar-refractivity contribution is -0.145. The summed E-state index contributed by atoms with van der Waals surface area (Å²) in [5, 5.41) is 0. The third kappa shape index (κ3) is 7.78. The monoisotopic (exact) mass is 480 g/mol. The fourth-order valence-corrected chi connectivity index (χ4v) is 2.93. The van der Waals surface area contributed by atoms with E-state index in [0.29, 0.717) is 12.2 Å². The van der Waals surface area contributed by atoms with Gasteiger partial charge < -0.3 is 4.74 Å². The number of benzene rings is 2. The number of nitrogens with one attached hydrogen (secondary N) is 2. The maximum absolute atomic E-state index is 12.0. The van der Waals surface area contributed by atoms with E-state index in [9.17, 15) is 14.4 Å². The predicted octanol–water partition coefficient (Wildman–Crippen LogP) is 3.01. The molecule has 7 heteroatoms. The Morgan fingerprint density at radius 3 is 2.33 bits per heavy atom. The van der Waals surface area contributed by atoms with Crippen molar-refractivity contribution in [3.8, 4) is 0 Å². The Hall–Kier alpha value is -2.42. The van der Waals surface area contributed by atoms with E-state index in [0.717, 1.165) is 16.4 Å². The molecule has 0 atom stereocenters. The van der Waals surface area contributed by atoms with Gasteiger partial charge in [0.05, 0.1) is 18.6 Å². The minimum absolute atomic E-state index is 0.0318. The van der Waals surface area contributed by atoms with Gasteiger partial charge >= 0.3 is 5.97 Å². The Morgan fingerprint density at radius 1 is 0.889 bits per heavy atom. The van der Waals surface area contributed by atoms with Crippen LogP contribution in [-0.4, -0.2) is 24.4 Å². The lowest BCUT2D eigenvalue weighted by atomic mass is 10.1. The zero-order chi connectivity index (χ0) is 19.5. The molecular weight excluding hydrogens is 459 g/mol. The highest BCUT2D eigenvalue weighted by Gasteiger charge is 2.12.